The van der Waals surface area contributed by atoms with Crippen molar-refractivity contribution in [2.45, 2.75) is 39.5 Å². The van der Waals surface area contributed by atoms with E-state index in [1.165, 1.54) is 5.69 Å². The van der Waals surface area contributed by atoms with Crippen LogP contribution in [0.4, 0.5) is 0 Å². The van der Waals surface area contributed by atoms with Gasteiger partial charge in [0.05, 0.1) is 11.4 Å². The standard InChI is InChI=1S/C10H16N4/c1-6(2)8-9(7(3)4)14-10(13-8)11-5-12-14/h5-7H,1-4H3,(H,11,12,13). The first-order valence-corrected chi connectivity index (χ1v) is 5.03. The average molecular weight is 192 g/mol. The predicted molar refractivity (Wildman–Crippen MR) is 55.5 cm³/mol. The van der Waals surface area contributed by atoms with Gasteiger partial charge < -0.3 is 0 Å². The van der Waals surface area contributed by atoms with Crippen molar-refractivity contribution in [3.63, 3.8) is 0 Å². The zero-order valence-corrected chi connectivity index (χ0v) is 9.07. The van der Waals surface area contributed by atoms with Crippen molar-refractivity contribution in [3.8, 4) is 0 Å². The van der Waals surface area contributed by atoms with E-state index in [1.807, 2.05) is 4.52 Å². The lowest BCUT2D eigenvalue weighted by molar-refractivity contribution is 0.721. The Bertz CT molecular complexity index is 436. The van der Waals surface area contributed by atoms with Crippen molar-refractivity contribution < 1.29 is 0 Å². The summed E-state index contributed by atoms with van der Waals surface area (Å²) >= 11 is 0. The molecule has 76 valence electrons. The fraction of sp³-hybridized carbons (Fsp3) is 0.600. The summed E-state index contributed by atoms with van der Waals surface area (Å²) in [5.74, 6) is 1.68. The summed E-state index contributed by atoms with van der Waals surface area (Å²) in [6, 6.07) is 0. The molecule has 0 aliphatic carbocycles. The largest absolute Gasteiger partial charge is 0.281 e. The van der Waals surface area contributed by atoms with Crippen LogP contribution in [-0.2, 0) is 0 Å². The van der Waals surface area contributed by atoms with Gasteiger partial charge in [0.2, 0.25) is 0 Å². The number of hydrogen-bond acceptors (Lipinski definition) is 2. The minimum atomic E-state index is 0.447. The molecule has 0 radical (unpaired) electrons. The van der Waals surface area contributed by atoms with Gasteiger partial charge in [-0.1, -0.05) is 27.7 Å². The van der Waals surface area contributed by atoms with Crippen LogP contribution in [0, 0.1) is 0 Å². The van der Waals surface area contributed by atoms with Crippen molar-refractivity contribution in [2.24, 2.45) is 0 Å². The number of nitrogens with one attached hydrogen (secondary N) is 1. The van der Waals surface area contributed by atoms with Gasteiger partial charge in [-0.2, -0.15) is 0 Å². The Morgan fingerprint density at radius 3 is 2.50 bits per heavy atom. The van der Waals surface area contributed by atoms with Crippen molar-refractivity contribution in [1.82, 2.24) is 19.6 Å². The lowest BCUT2D eigenvalue weighted by Crippen LogP contribution is -2.01. The lowest BCUT2D eigenvalue weighted by atomic mass is 10.0. The number of nitrogens with zero attached hydrogens (tertiary/aromatic N) is 3. The highest BCUT2D eigenvalue weighted by Crippen LogP contribution is 2.25. The molecule has 0 saturated carbocycles. The number of aromatic amines is 1. The number of H-pyrrole nitrogens is 1. The Kier molecular flexibility index (Phi) is 2.06. The Hall–Kier alpha value is -1.32. The fourth-order valence-electron chi connectivity index (χ4n) is 1.77. The number of aromatic nitrogens is 4. The molecule has 4 heteroatoms. The highest BCUT2D eigenvalue weighted by molar-refractivity contribution is 5.36. The predicted octanol–water partition coefficient (Wildman–Crippen LogP) is 2.30. The maximum absolute atomic E-state index is 4.51. The molecule has 1 N–H and O–H groups in total. The molecule has 0 saturated heterocycles. The van der Waals surface area contributed by atoms with Gasteiger partial charge in [0.15, 0.2) is 0 Å². The first-order valence-electron chi connectivity index (χ1n) is 5.03. The van der Waals surface area contributed by atoms with Gasteiger partial charge in [-0.3, -0.25) is 5.10 Å². The maximum Gasteiger partial charge on any atom is 0.250 e. The SMILES string of the molecule is CC(C)c1nc2nc[nH]n2c1C(C)C. The molecular formula is C10H16N4. The lowest BCUT2D eigenvalue weighted by Gasteiger charge is -2.08. The zero-order chi connectivity index (χ0) is 10.3. The molecule has 0 aromatic carbocycles. The molecule has 4 nitrogen and oxygen atoms in total. The molecule has 0 unspecified atom stereocenters. The van der Waals surface area contributed by atoms with E-state index >= 15 is 0 Å². The first-order chi connectivity index (χ1) is 6.61. The average Bonchev–Trinajstić information content (AvgIpc) is 2.58. The van der Waals surface area contributed by atoms with Crippen molar-refractivity contribution >= 4 is 5.78 Å². The number of imidazole rings is 1. The third-order valence-electron chi connectivity index (χ3n) is 2.38. The van der Waals surface area contributed by atoms with E-state index in [4.69, 9.17) is 0 Å². The molecule has 0 aliphatic heterocycles. The molecule has 0 aliphatic rings. The summed E-state index contributed by atoms with van der Waals surface area (Å²) in [6.45, 7) is 8.67. The molecule has 0 spiro atoms. The van der Waals surface area contributed by atoms with Crippen LogP contribution in [0.5, 0.6) is 0 Å². The van der Waals surface area contributed by atoms with E-state index in [0.717, 1.165) is 11.5 Å². The second-order valence-corrected chi connectivity index (χ2v) is 4.21. The van der Waals surface area contributed by atoms with Crippen molar-refractivity contribution in [2.75, 3.05) is 0 Å². The van der Waals surface area contributed by atoms with Crippen LogP contribution in [0.15, 0.2) is 6.33 Å². The van der Waals surface area contributed by atoms with E-state index in [1.54, 1.807) is 6.33 Å². The summed E-state index contributed by atoms with van der Waals surface area (Å²) in [7, 11) is 0. The van der Waals surface area contributed by atoms with Crippen LogP contribution in [0.3, 0.4) is 0 Å². The van der Waals surface area contributed by atoms with Crippen molar-refractivity contribution in [3.05, 3.63) is 17.7 Å². The minimum Gasteiger partial charge on any atom is -0.281 e. The molecule has 2 aromatic heterocycles. The van der Waals surface area contributed by atoms with E-state index in [9.17, 15) is 0 Å². The smallest absolute Gasteiger partial charge is 0.250 e. The first kappa shape index (κ1) is 9.24. The molecule has 0 fully saturated rings. The van der Waals surface area contributed by atoms with E-state index in [-0.39, 0.29) is 0 Å². The summed E-state index contributed by atoms with van der Waals surface area (Å²) in [5, 5.41) is 3.09. The third-order valence-corrected chi connectivity index (χ3v) is 2.38. The molecule has 2 rings (SSSR count). The van der Waals surface area contributed by atoms with Gasteiger partial charge in [0, 0.05) is 0 Å². The highest BCUT2D eigenvalue weighted by atomic mass is 15.3. The fourth-order valence-corrected chi connectivity index (χ4v) is 1.77. The topological polar surface area (TPSA) is 46.0 Å². The quantitative estimate of drug-likeness (QED) is 0.793. The van der Waals surface area contributed by atoms with Crippen LogP contribution < -0.4 is 0 Å². The molecule has 2 heterocycles. The third kappa shape index (κ3) is 1.22. The van der Waals surface area contributed by atoms with Gasteiger partial charge in [-0.25, -0.2) is 14.5 Å². The maximum atomic E-state index is 4.51. The van der Waals surface area contributed by atoms with Crippen LogP contribution in [0.25, 0.3) is 5.78 Å². The number of hydrogen-bond donors (Lipinski definition) is 1. The second kappa shape index (κ2) is 3.12. The number of rotatable bonds is 2. The van der Waals surface area contributed by atoms with Gasteiger partial charge in [0.25, 0.3) is 5.78 Å². The Morgan fingerprint density at radius 2 is 1.93 bits per heavy atom. The van der Waals surface area contributed by atoms with Gasteiger partial charge >= 0.3 is 0 Å². The van der Waals surface area contributed by atoms with Gasteiger partial charge in [-0.05, 0) is 11.8 Å². The van der Waals surface area contributed by atoms with E-state index < -0.39 is 0 Å². The molecule has 0 amide bonds. The van der Waals surface area contributed by atoms with E-state index in [0.29, 0.717) is 11.8 Å². The Balaban J connectivity index is 2.69. The van der Waals surface area contributed by atoms with Gasteiger partial charge in [-0.15, -0.1) is 0 Å². The van der Waals surface area contributed by atoms with Crippen LogP contribution in [0.1, 0.15) is 50.9 Å². The van der Waals surface area contributed by atoms with Crippen molar-refractivity contribution in [1.29, 1.82) is 0 Å². The molecule has 2 aromatic rings. The minimum absolute atomic E-state index is 0.447. The molecule has 14 heavy (non-hydrogen) atoms. The Labute approximate surface area is 83.4 Å². The second-order valence-electron chi connectivity index (χ2n) is 4.21. The summed E-state index contributed by atoms with van der Waals surface area (Å²) in [5.41, 5.74) is 2.40. The summed E-state index contributed by atoms with van der Waals surface area (Å²) < 4.78 is 1.97. The van der Waals surface area contributed by atoms with Crippen LogP contribution >= 0.6 is 0 Å². The molecule has 0 bridgehead atoms. The molecular weight excluding hydrogens is 176 g/mol. The zero-order valence-electron chi connectivity index (χ0n) is 9.07. The Morgan fingerprint density at radius 1 is 1.21 bits per heavy atom. The van der Waals surface area contributed by atoms with Crippen LogP contribution in [0.2, 0.25) is 0 Å². The number of fused-ring (bicyclic) bond motifs is 1. The highest BCUT2D eigenvalue weighted by Gasteiger charge is 2.18. The summed E-state index contributed by atoms with van der Waals surface area (Å²) in [6.07, 6.45) is 1.68. The van der Waals surface area contributed by atoms with Gasteiger partial charge in [0.1, 0.15) is 6.33 Å². The molecule has 0 atom stereocenters. The summed E-state index contributed by atoms with van der Waals surface area (Å²) in [4.78, 5) is 8.68. The normalized spacial score (nSPS) is 12.1. The van der Waals surface area contributed by atoms with E-state index in [2.05, 4.69) is 42.8 Å². The van der Waals surface area contributed by atoms with Crippen LogP contribution in [-0.4, -0.2) is 19.6 Å². The monoisotopic (exact) mass is 192 g/mol.